The Balaban J connectivity index is 0.000000157. The van der Waals surface area contributed by atoms with Gasteiger partial charge in [0.15, 0.2) is 0 Å². The van der Waals surface area contributed by atoms with Crippen LogP contribution in [0.5, 0.6) is 0 Å². The van der Waals surface area contributed by atoms with Gasteiger partial charge in [-0.1, -0.05) is 164 Å². The second kappa shape index (κ2) is 43.1. The highest BCUT2D eigenvalue weighted by Gasteiger charge is 2.18. The summed E-state index contributed by atoms with van der Waals surface area (Å²) in [6.07, 6.45) is 0. The molecule has 0 amide bonds. The van der Waals surface area contributed by atoms with Crippen molar-refractivity contribution in [2.45, 2.75) is 312 Å². The van der Waals surface area contributed by atoms with Crippen LogP contribution in [-0.4, -0.2) is 0 Å². The fourth-order valence-corrected chi connectivity index (χ4v) is 20.5. The molecule has 0 saturated heterocycles. The van der Waals surface area contributed by atoms with Gasteiger partial charge in [-0.05, 0) is 659 Å². The van der Waals surface area contributed by atoms with Crippen LogP contribution in [-0.2, 0) is 0 Å². The summed E-state index contributed by atoms with van der Waals surface area (Å²) in [6.45, 7) is 99.4. The molecular weight excluding hydrogens is 1620 g/mol. The van der Waals surface area contributed by atoms with Gasteiger partial charge in [-0.25, -0.2) is 0 Å². The van der Waals surface area contributed by atoms with Crippen molar-refractivity contribution in [3.05, 3.63) is 414 Å². The maximum Gasteiger partial charge on any atom is -0.0120 e. The molecule has 0 bridgehead atoms. The summed E-state index contributed by atoms with van der Waals surface area (Å²) in [4.78, 5) is 0. The summed E-state index contributed by atoms with van der Waals surface area (Å²) in [5.41, 5.74) is 63.6. The van der Waals surface area contributed by atoms with E-state index in [4.69, 9.17) is 0 Å². The van der Waals surface area contributed by atoms with Crippen molar-refractivity contribution in [3.63, 3.8) is 0 Å². The second-order valence-electron chi connectivity index (χ2n) is 40.9. The van der Waals surface area contributed by atoms with Gasteiger partial charge >= 0.3 is 0 Å². The van der Waals surface area contributed by atoms with Crippen molar-refractivity contribution in [2.75, 3.05) is 0 Å². The summed E-state index contributed by atoms with van der Waals surface area (Å²) in [5, 5.41) is 25.3. The Bertz CT molecular complexity index is 6250. The fraction of sp³-hybridized carbons (Fsp3) is 0.333. The third-order valence-electron chi connectivity index (χ3n) is 33.0. The Morgan fingerprint density at radius 2 is 0.148 bits per heavy atom. The molecule has 0 spiro atoms. The van der Waals surface area contributed by atoms with Crippen LogP contribution >= 0.6 is 0 Å². The molecule has 18 rings (SSSR count). The Kier molecular flexibility index (Phi) is 33.6. The second-order valence-corrected chi connectivity index (χ2v) is 40.9. The van der Waals surface area contributed by atoms with E-state index in [9.17, 15) is 0 Å². The maximum atomic E-state index is 2.30. The molecule has 18 aromatic rings. The zero-order valence-corrected chi connectivity index (χ0v) is 92.1. The lowest BCUT2D eigenvalue weighted by Crippen LogP contribution is -1.92. The third-order valence-corrected chi connectivity index (χ3v) is 33.0. The van der Waals surface area contributed by atoms with Crippen LogP contribution in [0.2, 0.25) is 0 Å². The lowest BCUT2D eigenvalue weighted by Gasteiger charge is -2.13. The minimum Gasteiger partial charge on any atom is -0.0584 e. The van der Waals surface area contributed by atoms with Crippen molar-refractivity contribution in [1.82, 2.24) is 0 Å². The Hall–Kier alpha value is -11.7. The average Bonchev–Trinajstić information content (AvgIpc) is 0.833. The molecule has 702 valence electrons. The highest BCUT2D eigenvalue weighted by atomic mass is 14.2. The fourth-order valence-electron chi connectivity index (χ4n) is 20.5. The van der Waals surface area contributed by atoms with Gasteiger partial charge in [0.1, 0.15) is 0 Å². The van der Waals surface area contributed by atoms with Gasteiger partial charge < -0.3 is 0 Å². The minimum absolute atomic E-state index is 1.37. The van der Waals surface area contributed by atoms with Gasteiger partial charge in [0.2, 0.25) is 0 Å². The number of hydrogen-bond acceptors (Lipinski definition) is 0. The van der Waals surface area contributed by atoms with Crippen LogP contribution in [0.15, 0.2) is 164 Å². The highest BCUT2D eigenvalue weighted by Crippen LogP contribution is 2.39. The molecule has 18 aromatic carbocycles. The van der Waals surface area contributed by atoms with E-state index in [1.165, 1.54) is 347 Å². The van der Waals surface area contributed by atoms with E-state index in [-0.39, 0.29) is 0 Å². The first-order chi connectivity index (χ1) is 63.2. The van der Waals surface area contributed by atoms with E-state index in [1.54, 1.807) is 0 Å². The molecule has 0 heterocycles. The third kappa shape index (κ3) is 21.7. The van der Waals surface area contributed by atoms with Crippen LogP contribution in [0.3, 0.4) is 0 Å². The van der Waals surface area contributed by atoms with E-state index < -0.39 is 0 Å². The molecule has 0 saturated carbocycles. The van der Waals surface area contributed by atoms with Gasteiger partial charge in [-0.3, -0.25) is 0 Å². The van der Waals surface area contributed by atoms with Gasteiger partial charge in [0, 0.05) is 0 Å². The lowest BCUT2D eigenvalue weighted by molar-refractivity contribution is 1.28. The first kappa shape index (κ1) is 105. The summed E-state index contributed by atoms with van der Waals surface area (Å²) in [5.74, 6) is 0. The van der Waals surface area contributed by atoms with Crippen molar-refractivity contribution in [1.29, 1.82) is 0 Å². The molecule has 0 unspecified atom stereocenters. The summed E-state index contributed by atoms with van der Waals surface area (Å²) in [7, 11) is 0. The Labute approximate surface area is 816 Å². The van der Waals surface area contributed by atoms with E-state index in [1.807, 2.05) is 0 Å². The zero-order chi connectivity index (χ0) is 100. The largest absolute Gasteiger partial charge is 0.0584 e. The molecule has 0 fully saturated rings. The Morgan fingerprint density at radius 1 is 0.0741 bits per heavy atom. The van der Waals surface area contributed by atoms with E-state index in [0.29, 0.717) is 0 Å². The molecule has 0 radical (unpaired) electrons. The van der Waals surface area contributed by atoms with Crippen molar-refractivity contribution in [3.8, 4) is 0 Å². The van der Waals surface area contributed by atoms with Crippen LogP contribution in [0.1, 0.15) is 250 Å². The standard InChI is InChI=1S/9C15H18/c9*1-9-6-7-14-8-10(2)11(3)13(5)15(14)12(9)4/h9*6-8H,1-5H3. The van der Waals surface area contributed by atoms with Gasteiger partial charge in [-0.15, -0.1) is 0 Å². The quantitative estimate of drug-likeness (QED) is 0.142. The number of benzene rings is 18. The average molecular weight is 1780 g/mol. The molecule has 0 nitrogen and oxygen atoms in total. The van der Waals surface area contributed by atoms with Crippen molar-refractivity contribution < 1.29 is 0 Å². The van der Waals surface area contributed by atoms with Crippen LogP contribution in [0.4, 0.5) is 0 Å². The monoisotopic (exact) mass is 1780 g/mol. The maximum absolute atomic E-state index is 2.30. The van der Waals surface area contributed by atoms with Crippen LogP contribution < -0.4 is 0 Å². The van der Waals surface area contributed by atoms with Crippen LogP contribution in [0.25, 0.3) is 97.0 Å². The smallest absolute Gasteiger partial charge is 0.0120 e. The molecule has 0 heteroatoms. The highest BCUT2D eigenvalue weighted by molar-refractivity contribution is 5.98. The molecule has 0 aliphatic heterocycles. The minimum atomic E-state index is 1.37. The lowest BCUT2D eigenvalue weighted by atomic mass is 9.92. The normalized spacial score (nSPS) is 11.0. The SMILES string of the molecule is Cc1cc2ccc(C)c(C)c2c(C)c1C.Cc1cc2ccc(C)c(C)c2c(C)c1C.Cc1cc2ccc(C)c(C)c2c(C)c1C.Cc1cc2ccc(C)c(C)c2c(C)c1C.Cc1cc2ccc(C)c(C)c2c(C)c1C.Cc1cc2ccc(C)c(C)c2c(C)c1C.Cc1cc2ccc(C)c(C)c2c(C)c1C.Cc1cc2ccc(C)c(C)c2c(C)c1C.Cc1cc2ccc(C)c(C)c2c(C)c1C. The number of rotatable bonds is 0. The summed E-state index contributed by atoms with van der Waals surface area (Å²) >= 11 is 0. The number of hydrogen-bond donors (Lipinski definition) is 0. The summed E-state index contributed by atoms with van der Waals surface area (Å²) < 4.78 is 0. The molecule has 0 aliphatic rings. The number of fused-ring (bicyclic) bond motifs is 9. The van der Waals surface area contributed by atoms with E-state index in [2.05, 4.69) is 475 Å². The van der Waals surface area contributed by atoms with Gasteiger partial charge in [-0.2, -0.15) is 0 Å². The summed E-state index contributed by atoms with van der Waals surface area (Å²) in [6, 6.07) is 60.7. The van der Waals surface area contributed by atoms with Gasteiger partial charge in [0.25, 0.3) is 0 Å². The van der Waals surface area contributed by atoms with Crippen molar-refractivity contribution >= 4 is 97.0 Å². The molecule has 0 N–H and O–H groups in total. The molecular formula is C135H162. The Morgan fingerprint density at radius 3 is 0.222 bits per heavy atom. The zero-order valence-electron chi connectivity index (χ0n) is 92.1. The van der Waals surface area contributed by atoms with E-state index in [0.717, 1.165) is 0 Å². The molecule has 0 aliphatic carbocycles. The predicted molar refractivity (Wildman–Crippen MR) is 609 cm³/mol. The van der Waals surface area contributed by atoms with E-state index >= 15 is 0 Å². The molecule has 0 atom stereocenters. The topological polar surface area (TPSA) is 0 Å². The van der Waals surface area contributed by atoms with Gasteiger partial charge in [0.05, 0.1) is 0 Å². The molecule has 0 aromatic heterocycles. The number of aryl methyl sites for hydroxylation is 36. The first-order valence-corrected chi connectivity index (χ1v) is 49.4. The molecule has 135 heavy (non-hydrogen) atoms. The first-order valence-electron chi connectivity index (χ1n) is 49.4. The van der Waals surface area contributed by atoms with Crippen molar-refractivity contribution in [2.24, 2.45) is 0 Å². The predicted octanol–water partition coefficient (Wildman–Crippen LogP) is 39.4. The van der Waals surface area contributed by atoms with Crippen LogP contribution in [0, 0.1) is 312 Å².